The molecule has 1 aromatic heterocycles. The number of likely N-dealkylation sites (tertiary alicyclic amines) is 1. The number of amides is 1. The summed E-state index contributed by atoms with van der Waals surface area (Å²) in [6, 6.07) is 4.31. The zero-order valence-corrected chi connectivity index (χ0v) is 16.9. The smallest absolute Gasteiger partial charge is 0.257 e. The number of fused-ring (bicyclic) bond motifs is 6. The molecule has 3 saturated heterocycles. The minimum atomic E-state index is -0.000940. The van der Waals surface area contributed by atoms with Gasteiger partial charge in [-0.2, -0.15) is 0 Å². The normalized spacial score (nSPS) is 33.1. The Morgan fingerprint density at radius 1 is 1.15 bits per heavy atom. The highest BCUT2D eigenvalue weighted by Crippen LogP contribution is 2.45. The first kappa shape index (κ1) is 18.0. The van der Waals surface area contributed by atoms with Gasteiger partial charge in [-0.25, -0.2) is 4.98 Å². The summed E-state index contributed by atoms with van der Waals surface area (Å²) in [7, 11) is 0. The number of piperidine rings is 3. The van der Waals surface area contributed by atoms with Gasteiger partial charge in [-0.15, -0.1) is 0 Å². The molecular formula is C21H25Cl2N3O. The van der Waals surface area contributed by atoms with Crippen LogP contribution in [0.25, 0.3) is 0 Å². The van der Waals surface area contributed by atoms with Crippen molar-refractivity contribution in [1.29, 1.82) is 0 Å². The number of hydrogen-bond acceptors (Lipinski definition) is 3. The Morgan fingerprint density at radius 2 is 2.04 bits per heavy atom. The van der Waals surface area contributed by atoms with Crippen LogP contribution in [0.1, 0.15) is 48.9 Å². The second kappa shape index (κ2) is 7.06. The molecule has 4 aliphatic rings. The van der Waals surface area contributed by atoms with Gasteiger partial charge >= 0.3 is 0 Å². The van der Waals surface area contributed by atoms with Gasteiger partial charge in [0.15, 0.2) is 0 Å². The molecule has 6 heteroatoms. The van der Waals surface area contributed by atoms with Crippen LogP contribution in [0.3, 0.4) is 0 Å². The number of nitrogens with zero attached hydrogens (tertiary/aromatic N) is 3. The fourth-order valence-electron chi connectivity index (χ4n) is 5.93. The van der Waals surface area contributed by atoms with Crippen LogP contribution in [0.4, 0.5) is 0 Å². The number of aromatic nitrogens is 1. The van der Waals surface area contributed by atoms with Gasteiger partial charge in [0.25, 0.3) is 5.91 Å². The predicted molar refractivity (Wildman–Crippen MR) is 107 cm³/mol. The summed E-state index contributed by atoms with van der Waals surface area (Å²) in [6.45, 7) is 3.14. The molecule has 1 aliphatic carbocycles. The van der Waals surface area contributed by atoms with E-state index in [2.05, 4.69) is 20.9 Å². The Bertz CT molecular complexity index is 796. The van der Waals surface area contributed by atoms with Crippen molar-refractivity contribution in [3.8, 4) is 0 Å². The Morgan fingerprint density at radius 3 is 2.89 bits per heavy atom. The molecule has 0 aromatic carbocycles. The van der Waals surface area contributed by atoms with E-state index in [1.807, 2.05) is 0 Å². The quantitative estimate of drug-likeness (QED) is 0.512. The Kier molecular flexibility index (Phi) is 4.69. The maximum absolute atomic E-state index is 13.3. The van der Waals surface area contributed by atoms with Crippen molar-refractivity contribution in [3.05, 3.63) is 39.7 Å². The van der Waals surface area contributed by atoms with Crippen LogP contribution in [0.5, 0.6) is 0 Å². The SMILES string of the molecule is O=C(c1ccc(Cl)nc1Cl)N1CCCC2=C[C@H]3C[C@@H](CN4CCCC[C@H]34)[C@H]21. The molecule has 1 amide bonds. The first-order chi connectivity index (χ1) is 13.1. The highest BCUT2D eigenvalue weighted by molar-refractivity contribution is 6.34. The first-order valence-electron chi connectivity index (χ1n) is 10.2. The van der Waals surface area contributed by atoms with Crippen molar-refractivity contribution in [2.45, 2.75) is 50.6 Å². The molecule has 1 aromatic rings. The molecule has 3 fully saturated rings. The lowest BCUT2D eigenvalue weighted by Crippen LogP contribution is -2.60. The van der Waals surface area contributed by atoms with Crippen LogP contribution in [0.15, 0.2) is 23.8 Å². The monoisotopic (exact) mass is 405 g/mol. The second-order valence-electron chi connectivity index (χ2n) is 8.48. The van der Waals surface area contributed by atoms with Gasteiger partial charge in [0.1, 0.15) is 10.3 Å². The fraction of sp³-hybridized carbons (Fsp3) is 0.619. The van der Waals surface area contributed by atoms with Crippen molar-refractivity contribution in [3.63, 3.8) is 0 Å². The molecular weight excluding hydrogens is 381 g/mol. The second-order valence-corrected chi connectivity index (χ2v) is 9.22. The third kappa shape index (κ3) is 3.10. The maximum Gasteiger partial charge on any atom is 0.257 e. The van der Waals surface area contributed by atoms with Crippen molar-refractivity contribution >= 4 is 29.1 Å². The number of carbonyl (C=O) groups excluding carboxylic acids is 1. The molecule has 0 unspecified atom stereocenters. The van der Waals surface area contributed by atoms with Crippen LogP contribution in [0, 0.1) is 11.8 Å². The number of halogens is 2. The highest BCUT2D eigenvalue weighted by atomic mass is 35.5. The molecule has 4 atom stereocenters. The first-order valence-corrected chi connectivity index (χ1v) is 10.9. The van der Waals surface area contributed by atoms with Crippen molar-refractivity contribution < 1.29 is 4.79 Å². The molecule has 3 aliphatic heterocycles. The summed E-state index contributed by atoms with van der Waals surface area (Å²) < 4.78 is 0. The molecule has 5 rings (SSSR count). The van der Waals surface area contributed by atoms with Crippen molar-refractivity contribution in [2.24, 2.45) is 11.8 Å². The van der Waals surface area contributed by atoms with Gasteiger partial charge < -0.3 is 4.90 Å². The highest BCUT2D eigenvalue weighted by Gasteiger charge is 2.47. The van der Waals surface area contributed by atoms with Crippen LogP contribution in [-0.4, -0.2) is 52.4 Å². The molecule has 0 radical (unpaired) electrons. The van der Waals surface area contributed by atoms with E-state index in [1.54, 1.807) is 12.1 Å². The molecule has 4 heterocycles. The van der Waals surface area contributed by atoms with Crippen LogP contribution in [-0.2, 0) is 0 Å². The van der Waals surface area contributed by atoms with Crippen LogP contribution < -0.4 is 0 Å². The standard InChI is InChI=1S/C21H25Cl2N3O/c22-18-7-6-16(20(23)24-18)21(27)26-9-3-4-13-10-14-11-15(19(13)26)12-25-8-2-1-5-17(14)25/h6-7,10,14-15,17,19H,1-5,8-9,11-12H2/t14-,15-,17+,19-/m0/s1. The lowest BCUT2D eigenvalue weighted by atomic mass is 9.68. The maximum atomic E-state index is 13.3. The summed E-state index contributed by atoms with van der Waals surface area (Å²) in [5.41, 5.74) is 1.95. The largest absolute Gasteiger partial charge is 0.332 e. The Balaban J connectivity index is 1.47. The number of hydrogen-bond donors (Lipinski definition) is 0. The number of carbonyl (C=O) groups is 1. The van der Waals surface area contributed by atoms with E-state index >= 15 is 0 Å². The summed E-state index contributed by atoms with van der Waals surface area (Å²) >= 11 is 12.2. The number of rotatable bonds is 1. The predicted octanol–water partition coefficient (Wildman–Crippen LogP) is 4.42. The summed E-state index contributed by atoms with van der Waals surface area (Å²) in [5, 5.41) is 0.525. The summed E-state index contributed by atoms with van der Waals surface area (Å²) in [5.74, 6) is 1.21. The van der Waals surface area contributed by atoms with Gasteiger partial charge in [-0.1, -0.05) is 41.3 Å². The third-order valence-electron chi connectivity index (χ3n) is 6.96. The lowest BCUT2D eigenvalue weighted by molar-refractivity contribution is 0.00147. The molecule has 27 heavy (non-hydrogen) atoms. The van der Waals surface area contributed by atoms with E-state index in [1.165, 1.54) is 37.8 Å². The van der Waals surface area contributed by atoms with Gasteiger partial charge in [0.2, 0.25) is 0 Å². The average molecular weight is 406 g/mol. The van der Waals surface area contributed by atoms with Gasteiger partial charge in [-0.05, 0) is 62.6 Å². The van der Waals surface area contributed by atoms with Gasteiger partial charge in [-0.3, -0.25) is 9.69 Å². The summed E-state index contributed by atoms with van der Waals surface area (Å²) in [6.07, 6.45) is 9.91. The topological polar surface area (TPSA) is 36.4 Å². The van der Waals surface area contributed by atoms with Crippen molar-refractivity contribution in [2.75, 3.05) is 19.6 Å². The van der Waals surface area contributed by atoms with Crippen LogP contribution in [0.2, 0.25) is 10.3 Å². The van der Waals surface area contributed by atoms with E-state index in [0.29, 0.717) is 22.6 Å². The molecule has 0 spiro atoms. The van der Waals surface area contributed by atoms with E-state index < -0.39 is 0 Å². The summed E-state index contributed by atoms with van der Waals surface area (Å²) in [4.78, 5) is 22.2. The Labute approximate surface area is 170 Å². The molecule has 0 saturated carbocycles. The Hall–Kier alpha value is -1.10. The minimum Gasteiger partial charge on any atom is -0.332 e. The third-order valence-corrected chi connectivity index (χ3v) is 7.46. The van der Waals surface area contributed by atoms with Crippen molar-refractivity contribution in [1.82, 2.24) is 14.8 Å². The zero-order chi connectivity index (χ0) is 18.5. The number of pyridine rings is 1. The zero-order valence-electron chi connectivity index (χ0n) is 15.4. The lowest BCUT2D eigenvalue weighted by Gasteiger charge is -2.54. The van der Waals surface area contributed by atoms with Gasteiger partial charge in [0, 0.05) is 19.1 Å². The van der Waals surface area contributed by atoms with E-state index in [9.17, 15) is 4.79 Å². The average Bonchev–Trinajstić information content (AvgIpc) is 2.67. The van der Waals surface area contributed by atoms with E-state index in [0.717, 1.165) is 32.0 Å². The molecule has 4 nitrogen and oxygen atoms in total. The van der Waals surface area contributed by atoms with E-state index in [4.69, 9.17) is 23.2 Å². The molecule has 2 bridgehead atoms. The molecule has 0 N–H and O–H groups in total. The van der Waals surface area contributed by atoms with E-state index in [-0.39, 0.29) is 17.1 Å². The fourth-order valence-corrected chi connectivity index (χ4v) is 6.35. The minimum absolute atomic E-state index is 0.000940. The van der Waals surface area contributed by atoms with Crippen LogP contribution >= 0.6 is 23.2 Å². The van der Waals surface area contributed by atoms with Gasteiger partial charge in [0.05, 0.1) is 11.6 Å². The molecule has 144 valence electrons.